The van der Waals surface area contributed by atoms with Crippen LogP contribution in [0.1, 0.15) is 40.5 Å². The molecule has 0 bridgehead atoms. The van der Waals surface area contributed by atoms with Crippen LogP contribution in [0, 0.1) is 0 Å². The summed E-state index contributed by atoms with van der Waals surface area (Å²) in [5.41, 5.74) is 0.813. The molecule has 7 heteroatoms. The van der Waals surface area contributed by atoms with Crippen molar-refractivity contribution in [1.82, 2.24) is 14.9 Å². The predicted octanol–water partition coefficient (Wildman–Crippen LogP) is 1.22. The quantitative estimate of drug-likeness (QED) is 0.903. The number of Topliss-reactive ketones (excluding diaryl/α,β-unsaturated/α-hetero) is 1. The number of nitrogens with one attached hydrogen (secondary N) is 1. The molecular formula is C11H13N3O2S2. The Hall–Kier alpha value is -0.950. The lowest BCUT2D eigenvalue weighted by molar-refractivity contribution is -0.120. The van der Waals surface area contributed by atoms with Gasteiger partial charge in [0.15, 0.2) is 5.78 Å². The number of rotatable bonds is 3. The zero-order valence-electron chi connectivity index (χ0n) is 9.72. The second kappa shape index (κ2) is 4.97. The van der Waals surface area contributed by atoms with Gasteiger partial charge < -0.3 is 5.32 Å². The number of carbonyl (C=O) groups is 2. The fourth-order valence-electron chi connectivity index (χ4n) is 1.97. The predicted molar refractivity (Wildman–Crippen MR) is 70.1 cm³/mol. The van der Waals surface area contributed by atoms with Gasteiger partial charge in [-0.2, -0.15) is 11.8 Å². The number of ketones is 1. The van der Waals surface area contributed by atoms with E-state index in [1.54, 1.807) is 11.8 Å². The summed E-state index contributed by atoms with van der Waals surface area (Å²) in [7, 11) is 0. The minimum Gasteiger partial charge on any atom is -0.341 e. The van der Waals surface area contributed by atoms with Crippen molar-refractivity contribution >= 4 is 35.0 Å². The highest BCUT2D eigenvalue weighted by Gasteiger charge is 2.33. The average Bonchev–Trinajstić information content (AvgIpc) is 3.09. The topological polar surface area (TPSA) is 72.0 Å². The van der Waals surface area contributed by atoms with Crippen molar-refractivity contribution < 1.29 is 9.59 Å². The van der Waals surface area contributed by atoms with E-state index in [1.807, 2.05) is 0 Å². The van der Waals surface area contributed by atoms with Crippen LogP contribution in [0.2, 0.25) is 0 Å². The van der Waals surface area contributed by atoms with Crippen LogP contribution in [0.4, 0.5) is 0 Å². The fourth-order valence-corrected chi connectivity index (χ4v) is 3.64. The molecular weight excluding hydrogens is 270 g/mol. The minimum atomic E-state index is -0.342. The van der Waals surface area contributed by atoms with Gasteiger partial charge in [-0.1, -0.05) is 4.49 Å². The molecule has 0 spiro atoms. The lowest BCUT2D eigenvalue weighted by Gasteiger charge is -2.20. The molecule has 1 saturated heterocycles. The van der Waals surface area contributed by atoms with Gasteiger partial charge in [-0.05, 0) is 24.4 Å². The maximum Gasteiger partial charge on any atom is 0.265 e. The maximum atomic E-state index is 12.1. The SMILES string of the molecule is O=C(NC1CSCCC1=O)c1snnc1C1CC1. The Morgan fingerprint density at radius 1 is 1.39 bits per heavy atom. The highest BCUT2D eigenvalue weighted by molar-refractivity contribution is 7.99. The molecule has 1 N–H and O–H groups in total. The third-order valence-electron chi connectivity index (χ3n) is 3.15. The fraction of sp³-hybridized carbons (Fsp3) is 0.636. The van der Waals surface area contributed by atoms with E-state index in [1.165, 1.54) is 0 Å². The monoisotopic (exact) mass is 283 g/mol. The van der Waals surface area contributed by atoms with Crippen LogP contribution in [0.5, 0.6) is 0 Å². The first-order valence-corrected chi connectivity index (χ1v) is 7.92. The lowest BCUT2D eigenvalue weighted by atomic mass is 10.1. The number of carbonyl (C=O) groups excluding carboxylic acids is 2. The summed E-state index contributed by atoms with van der Waals surface area (Å²) < 4.78 is 3.86. The number of amides is 1. The Balaban J connectivity index is 1.70. The normalized spacial score (nSPS) is 24.0. The molecule has 0 aromatic carbocycles. The van der Waals surface area contributed by atoms with Gasteiger partial charge in [0.05, 0.1) is 11.7 Å². The summed E-state index contributed by atoms with van der Waals surface area (Å²) in [6.45, 7) is 0. The highest BCUT2D eigenvalue weighted by atomic mass is 32.2. The molecule has 1 aromatic heterocycles. The van der Waals surface area contributed by atoms with E-state index in [2.05, 4.69) is 14.9 Å². The Bertz CT molecular complexity index is 484. The molecule has 1 unspecified atom stereocenters. The van der Waals surface area contributed by atoms with Gasteiger partial charge >= 0.3 is 0 Å². The van der Waals surface area contributed by atoms with Crippen molar-refractivity contribution in [2.75, 3.05) is 11.5 Å². The first-order chi connectivity index (χ1) is 8.75. The molecule has 96 valence electrons. The Morgan fingerprint density at radius 3 is 2.94 bits per heavy atom. The van der Waals surface area contributed by atoms with E-state index in [0.717, 1.165) is 35.8 Å². The van der Waals surface area contributed by atoms with Crippen LogP contribution in [-0.4, -0.2) is 38.8 Å². The third kappa shape index (κ3) is 2.42. The first-order valence-electron chi connectivity index (χ1n) is 5.99. The van der Waals surface area contributed by atoms with Crippen molar-refractivity contribution in [2.24, 2.45) is 0 Å². The number of nitrogens with zero attached hydrogens (tertiary/aromatic N) is 2. The summed E-state index contributed by atoms with van der Waals surface area (Å²) in [5.74, 6) is 1.89. The number of thioether (sulfide) groups is 1. The van der Waals surface area contributed by atoms with Gasteiger partial charge in [-0.25, -0.2) is 0 Å². The van der Waals surface area contributed by atoms with Crippen molar-refractivity contribution in [3.8, 4) is 0 Å². The number of hydrogen-bond donors (Lipinski definition) is 1. The van der Waals surface area contributed by atoms with Crippen LogP contribution in [-0.2, 0) is 4.79 Å². The van der Waals surface area contributed by atoms with E-state index in [4.69, 9.17) is 0 Å². The summed E-state index contributed by atoms with van der Waals surface area (Å²) in [5, 5.41) is 6.84. The molecule has 2 fully saturated rings. The average molecular weight is 283 g/mol. The van der Waals surface area contributed by atoms with Gasteiger partial charge in [0, 0.05) is 23.8 Å². The first kappa shape index (κ1) is 12.1. The highest BCUT2D eigenvalue weighted by Crippen LogP contribution is 2.41. The molecule has 2 aliphatic rings. The maximum absolute atomic E-state index is 12.1. The standard InChI is InChI=1S/C11H13N3O2S2/c15-8-3-4-17-5-7(8)12-11(16)10-9(6-1-2-6)13-14-18-10/h6-7H,1-5H2,(H,12,16). The molecule has 1 aliphatic carbocycles. The minimum absolute atomic E-state index is 0.132. The number of hydrogen-bond acceptors (Lipinski definition) is 6. The van der Waals surface area contributed by atoms with Crippen molar-refractivity contribution in [3.05, 3.63) is 10.6 Å². The van der Waals surface area contributed by atoms with Crippen molar-refractivity contribution in [3.63, 3.8) is 0 Å². The lowest BCUT2D eigenvalue weighted by Crippen LogP contribution is -2.44. The Morgan fingerprint density at radius 2 is 2.22 bits per heavy atom. The van der Waals surface area contributed by atoms with Crippen LogP contribution in [0.15, 0.2) is 0 Å². The van der Waals surface area contributed by atoms with Gasteiger partial charge in [0.25, 0.3) is 5.91 Å². The smallest absolute Gasteiger partial charge is 0.265 e. The molecule has 5 nitrogen and oxygen atoms in total. The van der Waals surface area contributed by atoms with Crippen molar-refractivity contribution in [1.29, 1.82) is 0 Å². The molecule has 1 saturated carbocycles. The van der Waals surface area contributed by atoms with Crippen LogP contribution >= 0.6 is 23.3 Å². The van der Waals surface area contributed by atoms with Crippen LogP contribution in [0.3, 0.4) is 0 Å². The molecule has 18 heavy (non-hydrogen) atoms. The summed E-state index contributed by atoms with van der Waals surface area (Å²) in [4.78, 5) is 24.4. The molecule has 1 amide bonds. The zero-order chi connectivity index (χ0) is 12.5. The molecule has 1 aliphatic heterocycles. The van der Waals surface area contributed by atoms with E-state index in [9.17, 15) is 9.59 Å². The molecule has 3 rings (SSSR count). The second-order valence-electron chi connectivity index (χ2n) is 4.58. The van der Waals surface area contributed by atoms with Gasteiger partial charge in [0.1, 0.15) is 4.88 Å². The number of aromatic nitrogens is 2. The molecule has 2 heterocycles. The molecule has 1 atom stereocenters. The van der Waals surface area contributed by atoms with Crippen molar-refractivity contribution in [2.45, 2.75) is 31.2 Å². The molecule has 0 radical (unpaired) electrons. The zero-order valence-corrected chi connectivity index (χ0v) is 11.4. The second-order valence-corrected chi connectivity index (χ2v) is 6.48. The van der Waals surface area contributed by atoms with Crippen LogP contribution in [0.25, 0.3) is 0 Å². The summed E-state index contributed by atoms with van der Waals surface area (Å²) in [6, 6.07) is -0.342. The largest absolute Gasteiger partial charge is 0.341 e. The molecule has 1 aromatic rings. The Labute approximate surface area is 113 Å². The van der Waals surface area contributed by atoms with Gasteiger partial charge in [-0.3, -0.25) is 9.59 Å². The Kier molecular flexibility index (Phi) is 3.34. The van der Waals surface area contributed by atoms with E-state index >= 15 is 0 Å². The van der Waals surface area contributed by atoms with Crippen LogP contribution < -0.4 is 5.32 Å². The van der Waals surface area contributed by atoms with E-state index < -0.39 is 0 Å². The third-order valence-corrected chi connectivity index (χ3v) is 4.96. The summed E-state index contributed by atoms with van der Waals surface area (Å²) >= 11 is 2.83. The van der Waals surface area contributed by atoms with E-state index in [0.29, 0.717) is 23.0 Å². The van der Waals surface area contributed by atoms with Gasteiger partial charge in [-0.15, -0.1) is 5.10 Å². The van der Waals surface area contributed by atoms with E-state index in [-0.39, 0.29) is 17.7 Å². The summed E-state index contributed by atoms with van der Waals surface area (Å²) in [6.07, 6.45) is 2.72. The van der Waals surface area contributed by atoms with Gasteiger partial charge in [0.2, 0.25) is 0 Å².